The van der Waals surface area contributed by atoms with E-state index in [4.69, 9.17) is 0 Å². The van der Waals surface area contributed by atoms with Crippen molar-refractivity contribution in [3.8, 4) is 0 Å². The molecule has 116 valence electrons. The van der Waals surface area contributed by atoms with Gasteiger partial charge in [0.05, 0.1) is 0 Å². The Bertz CT molecular complexity index is 153. The van der Waals surface area contributed by atoms with Crippen molar-refractivity contribution < 1.29 is 24.6 Å². The van der Waals surface area contributed by atoms with Crippen molar-refractivity contribution in [1.82, 2.24) is 0 Å². The molecule has 0 saturated carbocycles. The van der Waals surface area contributed by atoms with Gasteiger partial charge in [0.25, 0.3) is 0 Å². The van der Waals surface area contributed by atoms with Crippen molar-refractivity contribution in [2.75, 3.05) is 0 Å². The predicted octanol–water partition coefficient (Wildman–Crippen LogP) is 5.79. The molecule has 0 spiro atoms. The van der Waals surface area contributed by atoms with Gasteiger partial charge in [0.1, 0.15) is 0 Å². The van der Waals surface area contributed by atoms with Gasteiger partial charge in [-0.1, -0.05) is 90.9 Å². The fourth-order valence-electron chi connectivity index (χ4n) is 2.02. The van der Waals surface area contributed by atoms with Gasteiger partial charge >= 0.3 is 19.5 Å². The normalized spacial score (nSPS) is 9.35. The summed E-state index contributed by atoms with van der Waals surface area (Å²) in [5, 5.41) is 9.33. The van der Waals surface area contributed by atoms with Gasteiger partial charge in [-0.2, -0.15) is 6.42 Å². The molecule has 0 bridgehead atoms. The first-order chi connectivity index (χ1) is 9.15. The number of unbranched alkanes of at least 4 members (excludes halogenated alkanes) is 12. The fraction of sp³-hybridized carbons (Fsp3) is 0.833. The molecule has 0 aliphatic heterocycles. The Morgan fingerprint density at radius 2 is 1.05 bits per heavy atom. The molecule has 0 atom stereocenters. The molecule has 20 heavy (non-hydrogen) atoms. The second kappa shape index (κ2) is 24.2. The minimum Gasteiger partial charge on any atom is -0.876 e. The van der Waals surface area contributed by atoms with E-state index in [2.05, 4.69) is 20.4 Å². The molecule has 0 saturated heterocycles. The van der Waals surface area contributed by atoms with Crippen LogP contribution >= 0.6 is 0 Å². The third-order valence-corrected chi connectivity index (χ3v) is 3.10. The quantitative estimate of drug-likeness (QED) is 0.192. The van der Waals surface area contributed by atoms with Gasteiger partial charge in [0, 0.05) is 0 Å². The van der Waals surface area contributed by atoms with Crippen molar-refractivity contribution in [2.24, 2.45) is 0 Å². The Kier molecular flexibility index (Phi) is 30.4. The number of hydrogen-bond acceptors (Lipinski definition) is 1. The van der Waals surface area contributed by atoms with Crippen molar-refractivity contribution >= 4 is 0 Å². The molecule has 0 fully saturated rings. The smallest absolute Gasteiger partial charge is 0.876 e. The summed E-state index contributed by atoms with van der Waals surface area (Å²) in [6.07, 6.45) is 18.3. The maximum atomic E-state index is 9.33. The first-order valence-electron chi connectivity index (χ1n) is 8.26. The third kappa shape index (κ3) is 36.2. The van der Waals surface area contributed by atoms with E-state index < -0.39 is 0 Å². The molecular weight excluding hydrogens is 298 g/mol. The van der Waals surface area contributed by atoms with Gasteiger partial charge in [-0.25, -0.2) is 0 Å². The van der Waals surface area contributed by atoms with Gasteiger partial charge in [0.15, 0.2) is 0 Å². The molecule has 0 aliphatic carbocycles. The molecule has 0 aromatic carbocycles. The van der Waals surface area contributed by atoms with Crippen LogP contribution in [0.3, 0.4) is 0 Å². The average molecular weight is 334 g/mol. The van der Waals surface area contributed by atoms with Crippen LogP contribution in [-0.4, -0.2) is 0 Å². The van der Waals surface area contributed by atoms with E-state index >= 15 is 0 Å². The predicted molar refractivity (Wildman–Crippen MR) is 85.9 cm³/mol. The summed E-state index contributed by atoms with van der Waals surface area (Å²) >= 11 is 0. The summed E-state index contributed by atoms with van der Waals surface area (Å²) in [7, 11) is 0. The second-order valence-corrected chi connectivity index (χ2v) is 5.44. The maximum absolute atomic E-state index is 9.33. The Hall–Kier alpha value is 0.163. The zero-order valence-corrected chi connectivity index (χ0v) is 17.2. The molecular formula is C18H36OZn. The van der Waals surface area contributed by atoms with Crippen LogP contribution in [-0.2, 0) is 19.5 Å². The Morgan fingerprint density at radius 1 is 0.800 bits per heavy atom. The van der Waals surface area contributed by atoms with Gasteiger partial charge < -0.3 is 12.0 Å². The Morgan fingerprint density at radius 3 is 1.30 bits per heavy atom. The minimum atomic E-state index is -0.0833. The molecule has 0 radical (unpaired) electrons. The molecule has 0 heterocycles. The summed E-state index contributed by atoms with van der Waals surface area (Å²) in [5.74, 6) is -0.0833. The van der Waals surface area contributed by atoms with E-state index in [9.17, 15) is 5.11 Å². The van der Waals surface area contributed by atoms with Gasteiger partial charge in [-0.3, -0.25) is 0 Å². The van der Waals surface area contributed by atoms with Crippen LogP contribution in [0.5, 0.6) is 0 Å². The van der Waals surface area contributed by atoms with Crippen LogP contribution in [0.1, 0.15) is 97.3 Å². The number of allylic oxidation sites excluding steroid dienone is 1. The van der Waals surface area contributed by atoms with Crippen LogP contribution in [0.4, 0.5) is 0 Å². The minimum absolute atomic E-state index is 0. The largest absolute Gasteiger partial charge is 2.00 e. The van der Waals surface area contributed by atoms with Crippen LogP contribution < -0.4 is 5.11 Å². The topological polar surface area (TPSA) is 23.1 Å². The van der Waals surface area contributed by atoms with Crippen molar-refractivity contribution in [1.29, 1.82) is 0 Å². The maximum Gasteiger partial charge on any atom is 2.00 e. The molecule has 0 unspecified atom stereocenters. The summed E-state index contributed by atoms with van der Waals surface area (Å²) < 4.78 is 0. The van der Waals surface area contributed by atoms with E-state index in [1.807, 2.05) is 0 Å². The monoisotopic (exact) mass is 332 g/mol. The number of rotatable bonds is 12. The molecule has 0 aromatic rings. The molecule has 0 rings (SSSR count). The van der Waals surface area contributed by atoms with Crippen LogP contribution in [0.15, 0.2) is 12.3 Å². The van der Waals surface area contributed by atoms with Gasteiger partial charge in [-0.15, -0.1) is 12.3 Å². The summed E-state index contributed by atoms with van der Waals surface area (Å²) in [4.78, 5) is 0. The third-order valence-electron chi connectivity index (χ3n) is 3.10. The van der Waals surface area contributed by atoms with Crippen molar-refractivity contribution in [3.05, 3.63) is 19.3 Å². The van der Waals surface area contributed by atoms with Gasteiger partial charge in [-0.05, 0) is 0 Å². The molecule has 0 amide bonds. The van der Waals surface area contributed by atoms with Crippen LogP contribution in [0.2, 0.25) is 0 Å². The second-order valence-electron chi connectivity index (χ2n) is 5.44. The first-order valence-corrected chi connectivity index (χ1v) is 8.26. The Balaban J connectivity index is -0.000000508. The van der Waals surface area contributed by atoms with Crippen molar-refractivity contribution in [2.45, 2.75) is 97.3 Å². The summed E-state index contributed by atoms with van der Waals surface area (Å²) in [6.45, 7) is 10.6. The molecule has 1 nitrogen and oxygen atoms in total. The van der Waals surface area contributed by atoms with Crippen LogP contribution in [0, 0.1) is 6.92 Å². The molecule has 0 N–H and O–H groups in total. The van der Waals surface area contributed by atoms with Crippen LogP contribution in [0.25, 0.3) is 0 Å². The zero-order valence-electron chi connectivity index (χ0n) is 14.2. The SMILES string of the molecule is C=C(C)[O-].[CH2-]CCCCCCCCCCCCCC.[Zn+2]. The number of hydrogen-bond donors (Lipinski definition) is 0. The first kappa shape index (κ1) is 25.1. The van der Waals surface area contributed by atoms with E-state index in [-0.39, 0.29) is 25.2 Å². The average Bonchev–Trinajstić information content (AvgIpc) is 2.35. The van der Waals surface area contributed by atoms with E-state index in [0.29, 0.717) is 0 Å². The molecule has 2 heteroatoms. The standard InChI is InChI=1S/C15H31.C3H6O.Zn/c1-3-5-7-9-11-13-15-14-12-10-8-6-4-2;1-3(2)4;/h1,3-15H2,2H3;4H,1H2,2H3;/q-1;;+2/p-1. The van der Waals surface area contributed by atoms with Crippen molar-refractivity contribution in [3.63, 3.8) is 0 Å². The zero-order chi connectivity index (χ0) is 14.8. The fourth-order valence-corrected chi connectivity index (χ4v) is 2.02. The molecule has 0 aliphatic rings. The molecule has 0 aromatic heterocycles. The Labute approximate surface area is 141 Å². The van der Waals surface area contributed by atoms with E-state index in [0.717, 1.165) is 6.42 Å². The summed E-state index contributed by atoms with van der Waals surface area (Å²) in [5.41, 5.74) is 0. The summed E-state index contributed by atoms with van der Waals surface area (Å²) in [6, 6.07) is 0. The van der Waals surface area contributed by atoms with Gasteiger partial charge in [0.2, 0.25) is 0 Å². The van der Waals surface area contributed by atoms with E-state index in [1.54, 1.807) is 0 Å². The van der Waals surface area contributed by atoms with E-state index in [1.165, 1.54) is 84.0 Å².